The molecule has 3 heteroatoms. The number of hydrogen-bond donors (Lipinski definition) is 0. The van der Waals surface area contributed by atoms with Gasteiger partial charge in [0.25, 0.3) is 0 Å². The zero-order valence-corrected chi connectivity index (χ0v) is 24.8. The summed E-state index contributed by atoms with van der Waals surface area (Å²) in [4.78, 5) is 0. The monoisotopic (exact) mass is 558 g/mol. The van der Waals surface area contributed by atoms with Crippen molar-refractivity contribution in [2.75, 3.05) is 0 Å². The molecule has 41 heavy (non-hydrogen) atoms. The van der Waals surface area contributed by atoms with Gasteiger partial charge in [0, 0.05) is 11.1 Å². The van der Waals surface area contributed by atoms with Gasteiger partial charge in [0.2, 0.25) is 0 Å². The van der Waals surface area contributed by atoms with Gasteiger partial charge in [0.1, 0.15) is 5.82 Å². The first kappa shape index (κ1) is 29.7. The van der Waals surface area contributed by atoms with Crippen LogP contribution in [0.2, 0.25) is 0 Å². The van der Waals surface area contributed by atoms with Crippen LogP contribution >= 0.6 is 0 Å². The SMILES string of the molecule is CC=CC1CCC(C2CCC(c3ccc(-c4ccc(-c5ccc(CCCCC)c(F)c5F)cc4)c(F)c3)CC2)CC1. The molecule has 0 heterocycles. The maximum absolute atomic E-state index is 15.4. The van der Waals surface area contributed by atoms with Crippen molar-refractivity contribution in [3.05, 3.63) is 95.3 Å². The standard InChI is InChI=1S/C38H45F3/c1-3-5-6-8-32-21-24-35(38(41)37(32)40)31-19-17-30(18-20-31)34-23-22-33(25-36(34)39)29-15-13-28(14-16-29)27-11-9-26(7-4-2)10-12-27/h4,7,17-29H,3,5-6,8-16H2,1-2H3. The molecule has 0 atom stereocenters. The van der Waals surface area contributed by atoms with Crippen molar-refractivity contribution in [1.82, 2.24) is 0 Å². The maximum atomic E-state index is 15.4. The minimum absolute atomic E-state index is 0.215. The van der Waals surface area contributed by atoms with Crippen LogP contribution in [-0.2, 0) is 6.42 Å². The first-order valence-electron chi connectivity index (χ1n) is 16.0. The summed E-state index contributed by atoms with van der Waals surface area (Å²) in [6.45, 7) is 4.22. The van der Waals surface area contributed by atoms with E-state index in [2.05, 4.69) is 32.1 Å². The molecule has 0 unspecified atom stereocenters. The number of allylic oxidation sites excluding steroid dienone is 2. The van der Waals surface area contributed by atoms with Gasteiger partial charge < -0.3 is 0 Å². The smallest absolute Gasteiger partial charge is 0.166 e. The Kier molecular flexibility index (Phi) is 10.1. The second-order valence-electron chi connectivity index (χ2n) is 12.5. The summed E-state index contributed by atoms with van der Waals surface area (Å²) in [5.74, 6) is 1.13. The van der Waals surface area contributed by atoms with Crippen LogP contribution in [-0.4, -0.2) is 0 Å². The molecule has 218 valence electrons. The van der Waals surface area contributed by atoms with Crippen molar-refractivity contribution < 1.29 is 13.2 Å². The van der Waals surface area contributed by atoms with Crippen LogP contribution in [0.1, 0.15) is 102 Å². The predicted octanol–water partition coefficient (Wildman–Crippen LogP) is 11.8. The van der Waals surface area contributed by atoms with Crippen LogP contribution in [0.4, 0.5) is 13.2 Å². The Hall–Kier alpha value is -2.81. The van der Waals surface area contributed by atoms with Gasteiger partial charge in [0.05, 0.1) is 0 Å². The van der Waals surface area contributed by atoms with Crippen molar-refractivity contribution in [2.45, 2.75) is 96.8 Å². The second kappa shape index (κ2) is 13.9. The van der Waals surface area contributed by atoms with E-state index in [4.69, 9.17) is 0 Å². The van der Waals surface area contributed by atoms with Crippen LogP contribution in [0.15, 0.2) is 66.7 Å². The fraction of sp³-hybridized carbons (Fsp3) is 0.474. The van der Waals surface area contributed by atoms with E-state index in [1.54, 1.807) is 42.5 Å². The molecule has 5 rings (SSSR count). The summed E-state index contributed by atoms with van der Waals surface area (Å²) in [6.07, 6.45) is 18.2. The quantitative estimate of drug-likeness (QED) is 0.181. The number of rotatable bonds is 9. The van der Waals surface area contributed by atoms with Gasteiger partial charge in [-0.25, -0.2) is 13.2 Å². The number of unbranched alkanes of at least 4 members (excludes halogenated alkanes) is 2. The summed E-state index contributed by atoms with van der Waals surface area (Å²) in [5.41, 5.74) is 3.66. The van der Waals surface area contributed by atoms with Crippen molar-refractivity contribution in [3.8, 4) is 22.3 Å². The molecule has 3 aromatic rings. The number of hydrogen-bond acceptors (Lipinski definition) is 0. The molecule has 2 saturated carbocycles. The molecule has 0 spiro atoms. The van der Waals surface area contributed by atoms with Gasteiger partial charge in [-0.3, -0.25) is 0 Å². The first-order chi connectivity index (χ1) is 20.0. The lowest BCUT2D eigenvalue weighted by atomic mass is 9.68. The summed E-state index contributed by atoms with van der Waals surface area (Å²) in [6, 6.07) is 16.2. The van der Waals surface area contributed by atoms with Crippen LogP contribution in [0.25, 0.3) is 22.3 Å². The molecule has 0 nitrogen and oxygen atoms in total. The highest BCUT2D eigenvalue weighted by Gasteiger charge is 2.31. The average Bonchev–Trinajstić information content (AvgIpc) is 3.00. The summed E-state index contributed by atoms with van der Waals surface area (Å²) >= 11 is 0. The third-order valence-corrected chi connectivity index (χ3v) is 9.90. The molecule has 0 bridgehead atoms. The largest absolute Gasteiger partial charge is 0.206 e. The summed E-state index contributed by atoms with van der Waals surface area (Å²) < 4.78 is 44.9. The summed E-state index contributed by atoms with van der Waals surface area (Å²) in [5, 5.41) is 0. The van der Waals surface area contributed by atoms with Gasteiger partial charge in [0.15, 0.2) is 11.6 Å². The third kappa shape index (κ3) is 6.99. The molecule has 0 aliphatic heterocycles. The van der Waals surface area contributed by atoms with E-state index in [9.17, 15) is 8.78 Å². The summed E-state index contributed by atoms with van der Waals surface area (Å²) in [7, 11) is 0. The van der Waals surface area contributed by atoms with Crippen LogP contribution in [0.3, 0.4) is 0 Å². The van der Waals surface area contributed by atoms with Gasteiger partial charge in [-0.1, -0.05) is 80.4 Å². The zero-order chi connectivity index (χ0) is 28.8. The lowest BCUT2D eigenvalue weighted by Crippen LogP contribution is -2.25. The Morgan fingerprint density at radius 1 is 0.683 bits per heavy atom. The predicted molar refractivity (Wildman–Crippen MR) is 165 cm³/mol. The van der Waals surface area contributed by atoms with Crippen molar-refractivity contribution in [3.63, 3.8) is 0 Å². The number of aryl methyl sites for hydroxylation is 1. The van der Waals surface area contributed by atoms with Crippen molar-refractivity contribution in [1.29, 1.82) is 0 Å². The topological polar surface area (TPSA) is 0 Å². The molecule has 2 aliphatic carbocycles. The van der Waals surface area contributed by atoms with Crippen molar-refractivity contribution in [2.24, 2.45) is 17.8 Å². The molecular weight excluding hydrogens is 513 g/mol. The van der Waals surface area contributed by atoms with E-state index in [0.717, 1.165) is 61.0 Å². The highest BCUT2D eigenvalue weighted by molar-refractivity contribution is 5.71. The van der Waals surface area contributed by atoms with Gasteiger partial charge in [-0.05, 0) is 123 Å². The van der Waals surface area contributed by atoms with E-state index < -0.39 is 11.6 Å². The lowest BCUT2D eigenvalue weighted by Gasteiger charge is -2.37. The Labute approximate surface area is 245 Å². The second-order valence-corrected chi connectivity index (χ2v) is 12.5. The molecular formula is C38H45F3. The number of halogens is 3. The zero-order valence-electron chi connectivity index (χ0n) is 24.8. The highest BCUT2D eigenvalue weighted by atomic mass is 19.2. The molecule has 0 amide bonds. The van der Waals surface area contributed by atoms with E-state index in [0.29, 0.717) is 29.0 Å². The van der Waals surface area contributed by atoms with Gasteiger partial charge >= 0.3 is 0 Å². The minimum Gasteiger partial charge on any atom is -0.206 e. The van der Waals surface area contributed by atoms with E-state index in [1.165, 1.54) is 38.5 Å². The Morgan fingerprint density at radius 2 is 1.29 bits per heavy atom. The normalized spacial score (nSPS) is 23.2. The van der Waals surface area contributed by atoms with Crippen LogP contribution in [0, 0.1) is 35.2 Å². The lowest BCUT2D eigenvalue weighted by molar-refractivity contribution is 0.171. The molecule has 0 radical (unpaired) electrons. The first-order valence-corrected chi connectivity index (χ1v) is 16.0. The third-order valence-electron chi connectivity index (χ3n) is 9.90. The van der Waals surface area contributed by atoms with Crippen LogP contribution in [0.5, 0.6) is 0 Å². The highest BCUT2D eigenvalue weighted by Crippen LogP contribution is 2.44. The van der Waals surface area contributed by atoms with Gasteiger partial charge in [-0.15, -0.1) is 0 Å². The number of benzene rings is 3. The van der Waals surface area contributed by atoms with Gasteiger partial charge in [-0.2, -0.15) is 0 Å². The van der Waals surface area contributed by atoms with E-state index in [1.807, 2.05) is 6.07 Å². The Balaban J connectivity index is 1.21. The average molecular weight is 559 g/mol. The molecule has 0 aromatic heterocycles. The van der Waals surface area contributed by atoms with Crippen molar-refractivity contribution >= 4 is 0 Å². The molecule has 0 saturated heterocycles. The molecule has 3 aromatic carbocycles. The molecule has 2 aliphatic rings. The fourth-order valence-corrected chi connectivity index (χ4v) is 7.42. The van der Waals surface area contributed by atoms with E-state index >= 15 is 4.39 Å². The molecule has 0 N–H and O–H groups in total. The minimum atomic E-state index is -0.807. The van der Waals surface area contributed by atoms with E-state index in [-0.39, 0.29) is 11.4 Å². The fourth-order valence-electron chi connectivity index (χ4n) is 7.42. The molecule has 2 fully saturated rings. The maximum Gasteiger partial charge on any atom is 0.166 e. The Bertz CT molecular complexity index is 1310. The Morgan fingerprint density at radius 3 is 1.90 bits per heavy atom. The van der Waals surface area contributed by atoms with Crippen LogP contribution < -0.4 is 0 Å².